The molecule has 42 heavy (non-hydrogen) atoms. The fourth-order valence-electron chi connectivity index (χ4n) is 4.58. The minimum atomic E-state index is -1.44. The Morgan fingerprint density at radius 3 is 2.14 bits per heavy atom. The molecule has 3 aromatic rings. The van der Waals surface area contributed by atoms with Crippen LogP contribution in [0.2, 0.25) is 0 Å². The van der Waals surface area contributed by atoms with Crippen molar-refractivity contribution in [1.82, 2.24) is 4.98 Å². The van der Waals surface area contributed by atoms with Crippen LogP contribution >= 0.6 is 0 Å². The van der Waals surface area contributed by atoms with Crippen LogP contribution in [-0.4, -0.2) is 66.2 Å². The van der Waals surface area contributed by atoms with Gasteiger partial charge in [-0.15, -0.1) is 0 Å². The summed E-state index contributed by atoms with van der Waals surface area (Å²) in [6, 6.07) is 9.61. The van der Waals surface area contributed by atoms with Gasteiger partial charge in [0.1, 0.15) is 29.8 Å². The smallest absolute Gasteiger partial charge is 0.303 e. The van der Waals surface area contributed by atoms with Gasteiger partial charge in [-0.05, 0) is 31.2 Å². The van der Waals surface area contributed by atoms with Crippen LogP contribution in [0.4, 0.5) is 0 Å². The lowest BCUT2D eigenvalue weighted by atomic mass is 9.98. The van der Waals surface area contributed by atoms with E-state index in [1.807, 2.05) is 0 Å². The number of carbonyl (C=O) groups is 4. The van der Waals surface area contributed by atoms with Gasteiger partial charge in [-0.3, -0.25) is 29.0 Å². The molecule has 0 amide bonds. The number of benzene rings is 1. The minimum absolute atomic E-state index is 0.136. The van der Waals surface area contributed by atoms with Gasteiger partial charge in [0.2, 0.25) is 17.8 Å². The van der Waals surface area contributed by atoms with Crippen molar-refractivity contribution in [2.24, 2.45) is 0 Å². The van der Waals surface area contributed by atoms with E-state index in [1.165, 1.54) is 25.1 Å². The summed E-state index contributed by atoms with van der Waals surface area (Å²) in [5.74, 6) is -2.47. The van der Waals surface area contributed by atoms with Gasteiger partial charge in [0.15, 0.2) is 12.2 Å². The first-order chi connectivity index (χ1) is 19.9. The predicted molar refractivity (Wildman–Crippen MR) is 143 cm³/mol. The molecule has 0 unspecified atom stereocenters. The standard InChI is InChI=1S/C29H29NO12/c1-14-24(21-8-6-7-11-30-21)25(35)20-10-9-19(12-22(20)37-14)41-29-28(40-18(5)34)27(39-17(4)33)26(38-16(3)32)23(42-29)13-36-15(2)31/h6-12,23,26-29H,13H2,1-5H3/t23-,26-,27+,28-,29+/m0/s1. The van der Waals surface area contributed by atoms with Crippen molar-refractivity contribution in [2.75, 3.05) is 6.61 Å². The number of fused-ring (bicyclic) bond motifs is 1. The number of rotatable bonds is 8. The molecule has 1 saturated heterocycles. The molecule has 0 radical (unpaired) electrons. The van der Waals surface area contributed by atoms with Crippen LogP contribution in [0.3, 0.4) is 0 Å². The highest BCUT2D eigenvalue weighted by Crippen LogP contribution is 2.32. The largest absolute Gasteiger partial charge is 0.463 e. The molecule has 1 aromatic carbocycles. The highest BCUT2D eigenvalue weighted by molar-refractivity contribution is 5.83. The third-order valence-electron chi connectivity index (χ3n) is 6.16. The third kappa shape index (κ3) is 6.92. The molecule has 13 heteroatoms. The Bertz CT molecular complexity index is 1550. The second-order valence-corrected chi connectivity index (χ2v) is 9.42. The SMILES string of the molecule is CC(=O)OC[C@@H]1O[C@@H](Oc2ccc3c(=O)c(-c4ccccn4)c(C)oc3c2)[C@@H](OC(C)=O)[C@H](OC(C)=O)[C@H]1OC(C)=O. The topological polar surface area (TPSA) is 167 Å². The second-order valence-electron chi connectivity index (χ2n) is 9.42. The van der Waals surface area contributed by atoms with Gasteiger partial charge in [-0.25, -0.2) is 0 Å². The fraction of sp³-hybridized carbons (Fsp3) is 0.379. The molecular formula is C29H29NO12. The molecule has 0 N–H and O–H groups in total. The first-order valence-electron chi connectivity index (χ1n) is 12.9. The van der Waals surface area contributed by atoms with Crippen LogP contribution in [0, 0.1) is 6.92 Å². The molecule has 1 fully saturated rings. The van der Waals surface area contributed by atoms with Crippen LogP contribution in [-0.2, 0) is 42.9 Å². The summed E-state index contributed by atoms with van der Waals surface area (Å²) in [7, 11) is 0. The highest BCUT2D eigenvalue weighted by atomic mass is 16.7. The van der Waals surface area contributed by atoms with Crippen molar-refractivity contribution >= 4 is 34.8 Å². The lowest BCUT2D eigenvalue weighted by Crippen LogP contribution is -2.63. The average Bonchev–Trinajstić information content (AvgIpc) is 2.90. The van der Waals surface area contributed by atoms with E-state index in [9.17, 15) is 24.0 Å². The Kier molecular flexibility index (Phi) is 9.21. The molecule has 0 spiro atoms. The molecule has 4 rings (SSSR count). The predicted octanol–water partition coefficient (Wildman–Crippen LogP) is 2.63. The Balaban J connectivity index is 1.73. The van der Waals surface area contributed by atoms with E-state index in [0.717, 1.165) is 20.8 Å². The van der Waals surface area contributed by atoms with E-state index in [-0.39, 0.29) is 22.1 Å². The average molecular weight is 584 g/mol. The molecule has 222 valence electrons. The number of carbonyl (C=O) groups excluding carboxylic acids is 4. The number of nitrogens with zero attached hydrogens (tertiary/aromatic N) is 1. The Labute approximate surface area is 239 Å². The summed E-state index contributed by atoms with van der Waals surface area (Å²) in [6.45, 7) is 5.78. The van der Waals surface area contributed by atoms with Crippen molar-refractivity contribution < 1.29 is 52.0 Å². The van der Waals surface area contributed by atoms with Crippen molar-refractivity contribution in [3.63, 3.8) is 0 Å². The molecule has 0 bridgehead atoms. The van der Waals surface area contributed by atoms with Crippen molar-refractivity contribution in [1.29, 1.82) is 0 Å². The Morgan fingerprint density at radius 2 is 1.52 bits per heavy atom. The molecule has 2 aromatic heterocycles. The van der Waals surface area contributed by atoms with Gasteiger partial charge in [-0.1, -0.05) is 6.07 Å². The first-order valence-corrected chi connectivity index (χ1v) is 12.9. The summed E-state index contributed by atoms with van der Waals surface area (Å²) in [5.41, 5.74) is 0.673. The fourth-order valence-corrected chi connectivity index (χ4v) is 4.58. The number of esters is 4. The zero-order valence-corrected chi connectivity index (χ0v) is 23.5. The van der Waals surface area contributed by atoms with Gasteiger partial charge in [-0.2, -0.15) is 0 Å². The molecule has 3 heterocycles. The summed E-state index contributed by atoms with van der Waals surface area (Å²) in [4.78, 5) is 65.1. The molecule has 1 aliphatic rings. The molecule has 0 aliphatic carbocycles. The van der Waals surface area contributed by atoms with Crippen LogP contribution in [0.25, 0.3) is 22.2 Å². The van der Waals surface area contributed by atoms with E-state index in [2.05, 4.69) is 4.98 Å². The summed E-state index contributed by atoms with van der Waals surface area (Å²) in [5, 5.41) is 0.259. The van der Waals surface area contributed by atoms with E-state index >= 15 is 0 Å². The highest BCUT2D eigenvalue weighted by Gasteiger charge is 2.53. The number of aryl methyl sites for hydroxylation is 1. The summed E-state index contributed by atoms with van der Waals surface area (Å²) in [6.07, 6.45) is -5.18. The number of ether oxygens (including phenoxy) is 6. The Hall–Kier alpha value is -4.78. The number of hydrogen-bond acceptors (Lipinski definition) is 13. The lowest BCUT2D eigenvalue weighted by Gasteiger charge is -2.43. The number of hydrogen-bond donors (Lipinski definition) is 0. The van der Waals surface area contributed by atoms with Gasteiger partial charge >= 0.3 is 23.9 Å². The van der Waals surface area contributed by atoms with Gasteiger partial charge in [0.05, 0.1) is 16.6 Å². The normalized spacial score (nSPS) is 21.7. The molecule has 5 atom stereocenters. The molecule has 0 saturated carbocycles. The monoisotopic (exact) mass is 583 g/mol. The van der Waals surface area contributed by atoms with Crippen molar-refractivity contribution in [3.05, 3.63) is 58.6 Å². The van der Waals surface area contributed by atoms with Gasteiger partial charge in [0, 0.05) is 40.0 Å². The van der Waals surface area contributed by atoms with E-state index in [1.54, 1.807) is 31.3 Å². The quantitative estimate of drug-likeness (QED) is 0.281. The maximum atomic E-state index is 13.3. The maximum absolute atomic E-state index is 13.3. The van der Waals surface area contributed by atoms with Gasteiger partial charge < -0.3 is 32.8 Å². The van der Waals surface area contributed by atoms with E-state index < -0.39 is 61.2 Å². The first kappa shape index (κ1) is 30.2. The van der Waals surface area contributed by atoms with Crippen molar-refractivity contribution in [2.45, 2.75) is 65.3 Å². The van der Waals surface area contributed by atoms with E-state index in [0.29, 0.717) is 17.0 Å². The molecule has 13 nitrogen and oxygen atoms in total. The molecule has 1 aliphatic heterocycles. The summed E-state index contributed by atoms with van der Waals surface area (Å²) < 4.78 is 39.2. The maximum Gasteiger partial charge on any atom is 0.303 e. The van der Waals surface area contributed by atoms with Gasteiger partial charge in [0.25, 0.3) is 0 Å². The zero-order valence-electron chi connectivity index (χ0n) is 23.5. The Morgan fingerprint density at radius 1 is 0.857 bits per heavy atom. The zero-order chi connectivity index (χ0) is 30.6. The molecular weight excluding hydrogens is 554 g/mol. The van der Waals surface area contributed by atoms with E-state index in [4.69, 9.17) is 32.8 Å². The minimum Gasteiger partial charge on any atom is -0.463 e. The summed E-state index contributed by atoms with van der Waals surface area (Å²) >= 11 is 0. The number of pyridine rings is 1. The van der Waals surface area contributed by atoms with Crippen LogP contribution in [0.5, 0.6) is 5.75 Å². The van der Waals surface area contributed by atoms with Crippen LogP contribution in [0.1, 0.15) is 33.5 Å². The third-order valence-corrected chi connectivity index (χ3v) is 6.16. The van der Waals surface area contributed by atoms with Crippen LogP contribution < -0.4 is 10.2 Å². The van der Waals surface area contributed by atoms with Crippen LogP contribution in [0.15, 0.2) is 51.8 Å². The number of aromatic nitrogens is 1. The second kappa shape index (κ2) is 12.8. The van der Waals surface area contributed by atoms with Crippen molar-refractivity contribution in [3.8, 4) is 17.0 Å². The lowest BCUT2D eigenvalue weighted by molar-refractivity contribution is -0.288.